The molecular weight excluding hydrogens is 232 g/mol. The first-order valence-corrected chi connectivity index (χ1v) is 6.95. The van der Waals surface area contributed by atoms with E-state index in [0.29, 0.717) is 0 Å². The number of piperidine rings is 1. The molecular formula is C13H24N2O3. The molecule has 5 heteroatoms. The molecule has 2 saturated heterocycles. The zero-order chi connectivity index (χ0) is 12.8. The lowest BCUT2D eigenvalue weighted by Crippen LogP contribution is -2.47. The molecule has 2 heterocycles. The molecule has 2 aliphatic heterocycles. The van der Waals surface area contributed by atoms with Gasteiger partial charge in [0.05, 0.1) is 0 Å². The zero-order valence-corrected chi connectivity index (χ0v) is 11.2. The first-order valence-electron chi connectivity index (χ1n) is 6.95. The number of ether oxygens (including phenoxy) is 2. The van der Waals surface area contributed by atoms with Crippen molar-refractivity contribution in [1.82, 2.24) is 10.2 Å². The summed E-state index contributed by atoms with van der Waals surface area (Å²) in [5.41, 5.74) is 0. The van der Waals surface area contributed by atoms with Crippen LogP contribution in [0.1, 0.15) is 32.1 Å². The van der Waals surface area contributed by atoms with Gasteiger partial charge in [0, 0.05) is 19.2 Å². The molecule has 0 bridgehead atoms. The van der Waals surface area contributed by atoms with Crippen LogP contribution in [-0.2, 0) is 14.3 Å². The second-order valence-electron chi connectivity index (χ2n) is 5.28. The van der Waals surface area contributed by atoms with Crippen molar-refractivity contribution in [3.63, 3.8) is 0 Å². The van der Waals surface area contributed by atoms with E-state index in [-0.39, 0.29) is 24.8 Å². The highest BCUT2D eigenvalue weighted by Gasteiger charge is 2.20. The molecule has 0 aliphatic carbocycles. The Hall–Kier alpha value is -0.650. The van der Waals surface area contributed by atoms with Crippen molar-refractivity contribution in [2.45, 2.75) is 44.4 Å². The van der Waals surface area contributed by atoms with E-state index in [0.717, 1.165) is 51.8 Å². The molecule has 0 aromatic heterocycles. The summed E-state index contributed by atoms with van der Waals surface area (Å²) in [6, 6.07) is 0.270. The summed E-state index contributed by atoms with van der Waals surface area (Å²) in [7, 11) is 2.09. The Balaban J connectivity index is 1.62. The van der Waals surface area contributed by atoms with Crippen molar-refractivity contribution in [3.8, 4) is 0 Å². The number of nitrogens with one attached hydrogen (secondary N) is 1. The minimum absolute atomic E-state index is 0.0236. The molecule has 104 valence electrons. The van der Waals surface area contributed by atoms with Crippen LogP contribution in [0.3, 0.4) is 0 Å². The smallest absolute Gasteiger partial charge is 0.246 e. The first kappa shape index (κ1) is 13.8. The van der Waals surface area contributed by atoms with E-state index >= 15 is 0 Å². The van der Waals surface area contributed by atoms with Crippen LogP contribution in [0.25, 0.3) is 0 Å². The summed E-state index contributed by atoms with van der Waals surface area (Å²) in [6.07, 6.45) is 5.16. The molecule has 2 rings (SSSR count). The topological polar surface area (TPSA) is 50.8 Å². The standard InChI is InChI=1S/C13H24N2O3/c1-15-7-4-5-11(9-15)14-12(16)10-18-13-6-2-3-8-17-13/h11,13H,2-10H2,1H3,(H,14,16). The number of likely N-dealkylation sites (N-methyl/N-ethyl adjacent to an activating group) is 1. The van der Waals surface area contributed by atoms with Gasteiger partial charge in [0.1, 0.15) is 6.61 Å². The number of nitrogens with zero attached hydrogens (tertiary/aromatic N) is 1. The average molecular weight is 256 g/mol. The van der Waals surface area contributed by atoms with Crippen molar-refractivity contribution in [1.29, 1.82) is 0 Å². The number of likely N-dealkylation sites (tertiary alicyclic amines) is 1. The monoisotopic (exact) mass is 256 g/mol. The molecule has 1 amide bonds. The molecule has 2 atom stereocenters. The fourth-order valence-electron chi connectivity index (χ4n) is 2.56. The fraction of sp³-hybridized carbons (Fsp3) is 0.923. The third kappa shape index (κ3) is 4.55. The van der Waals surface area contributed by atoms with Crippen molar-refractivity contribution in [3.05, 3.63) is 0 Å². The summed E-state index contributed by atoms with van der Waals surface area (Å²) < 4.78 is 10.9. The lowest BCUT2D eigenvalue weighted by atomic mass is 10.1. The molecule has 0 spiro atoms. The van der Waals surface area contributed by atoms with Gasteiger partial charge in [0.25, 0.3) is 0 Å². The molecule has 5 nitrogen and oxygen atoms in total. The van der Waals surface area contributed by atoms with Crippen LogP contribution in [0.4, 0.5) is 0 Å². The Morgan fingerprint density at radius 3 is 3.00 bits per heavy atom. The highest BCUT2D eigenvalue weighted by atomic mass is 16.7. The van der Waals surface area contributed by atoms with E-state index in [1.54, 1.807) is 0 Å². The maximum atomic E-state index is 11.8. The van der Waals surface area contributed by atoms with Crippen LogP contribution in [0.15, 0.2) is 0 Å². The van der Waals surface area contributed by atoms with Crippen LogP contribution in [0.2, 0.25) is 0 Å². The summed E-state index contributed by atoms with van der Waals surface area (Å²) in [5.74, 6) is -0.0236. The van der Waals surface area contributed by atoms with E-state index in [9.17, 15) is 4.79 Å². The van der Waals surface area contributed by atoms with E-state index in [1.165, 1.54) is 0 Å². The largest absolute Gasteiger partial charge is 0.353 e. The normalized spacial score (nSPS) is 30.1. The Bertz CT molecular complexity index is 267. The van der Waals surface area contributed by atoms with E-state index < -0.39 is 0 Å². The molecule has 0 aromatic carbocycles. The van der Waals surface area contributed by atoms with Gasteiger partial charge in [-0.1, -0.05) is 0 Å². The summed E-state index contributed by atoms with van der Waals surface area (Å²) in [5, 5.41) is 3.03. The van der Waals surface area contributed by atoms with Crippen LogP contribution in [-0.4, -0.2) is 56.5 Å². The summed E-state index contributed by atoms with van der Waals surface area (Å²) in [4.78, 5) is 14.0. The lowest BCUT2D eigenvalue weighted by Gasteiger charge is -2.30. The van der Waals surface area contributed by atoms with Crippen LogP contribution in [0.5, 0.6) is 0 Å². The van der Waals surface area contributed by atoms with Gasteiger partial charge in [-0.05, 0) is 45.7 Å². The van der Waals surface area contributed by atoms with Gasteiger partial charge in [-0.25, -0.2) is 0 Å². The predicted octanol–water partition coefficient (Wildman–Crippen LogP) is 0.740. The minimum Gasteiger partial charge on any atom is -0.353 e. The quantitative estimate of drug-likeness (QED) is 0.806. The summed E-state index contributed by atoms with van der Waals surface area (Å²) in [6.45, 7) is 2.93. The minimum atomic E-state index is -0.182. The number of hydrogen-bond donors (Lipinski definition) is 1. The summed E-state index contributed by atoms with van der Waals surface area (Å²) >= 11 is 0. The van der Waals surface area contributed by atoms with Gasteiger partial charge in [-0.15, -0.1) is 0 Å². The van der Waals surface area contributed by atoms with Gasteiger partial charge < -0.3 is 19.7 Å². The Morgan fingerprint density at radius 1 is 1.39 bits per heavy atom. The molecule has 2 fully saturated rings. The number of hydrogen-bond acceptors (Lipinski definition) is 4. The van der Waals surface area contributed by atoms with E-state index in [2.05, 4.69) is 17.3 Å². The lowest BCUT2D eigenvalue weighted by molar-refractivity contribution is -0.170. The molecule has 0 saturated carbocycles. The molecule has 2 aliphatic rings. The second kappa shape index (κ2) is 7.07. The predicted molar refractivity (Wildman–Crippen MR) is 68.2 cm³/mol. The average Bonchev–Trinajstić information content (AvgIpc) is 2.38. The molecule has 2 unspecified atom stereocenters. The van der Waals surface area contributed by atoms with E-state index in [4.69, 9.17) is 9.47 Å². The third-order valence-electron chi connectivity index (χ3n) is 3.53. The Kier molecular flexibility index (Phi) is 5.41. The Labute approximate surface area is 109 Å². The third-order valence-corrected chi connectivity index (χ3v) is 3.53. The van der Waals surface area contributed by atoms with Crippen LogP contribution >= 0.6 is 0 Å². The number of rotatable bonds is 4. The molecule has 0 aromatic rings. The number of carbonyl (C=O) groups is 1. The SMILES string of the molecule is CN1CCCC(NC(=O)COC2CCCCO2)C1. The van der Waals surface area contributed by atoms with Gasteiger partial charge in [-0.2, -0.15) is 0 Å². The fourth-order valence-corrected chi connectivity index (χ4v) is 2.56. The van der Waals surface area contributed by atoms with Crippen molar-refractivity contribution in [2.75, 3.05) is 33.4 Å². The van der Waals surface area contributed by atoms with Gasteiger partial charge in [-0.3, -0.25) is 4.79 Å². The maximum absolute atomic E-state index is 11.8. The van der Waals surface area contributed by atoms with Gasteiger partial charge in [0.15, 0.2) is 6.29 Å². The zero-order valence-electron chi connectivity index (χ0n) is 11.2. The van der Waals surface area contributed by atoms with Crippen LogP contribution in [0, 0.1) is 0 Å². The molecule has 0 radical (unpaired) electrons. The first-order chi connectivity index (χ1) is 8.74. The highest BCUT2D eigenvalue weighted by Crippen LogP contribution is 2.13. The second-order valence-corrected chi connectivity index (χ2v) is 5.28. The van der Waals surface area contributed by atoms with Crippen molar-refractivity contribution in [2.24, 2.45) is 0 Å². The van der Waals surface area contributed by atoms with Crippen LogP contribution < -0.4 is 5.32 Å². The maximum Gasteiger partial charge on any atom is 0.246 e. The number of amides is 1. The van der Waals surface area contributed by atoms with Crippen molar-refractivity contribution >= 4 is 5.91 Å². The van der Waals surface area contributed by atoms with Gasteiger partial charge >= 0.3 is 0 Å². The highest BCUT2D eigenvalue weighted by molar-refractivity contribution is 5.77. The molecule has 1 N–H and O–H groups in total. The number of carbonyl (C=O) groups excluding carboxylic acids is 1. The van der Waals surface area contributed by atoms with Gasteiger partial charge in [0.2, 0.25) is 5.91 Å². The Morgan fingerprint density at radius 2 is 2.28 bits per heavy atom. The van der Waals surface area contributed by atoms with Crippen molar-refractivity contribution < 1.29 is 14.3 Å². The van der Waals surface area contributed by atoms with E-state index in [1.807, 2.05) is 0 Å². The molecule has 18 heavy (non-hydrogen) atoms.